The molecule has 3 N–H and O–H groups in total. The number of hydrogen-bond acceptors (Lipinski definition) is 5. The minimum absolute atomic E-state index is 0.00171. The zero-order valence-corrected chi connectivity index (χ0v) is 16.5. The summed E-state index contributed by atoms with van der Waals surface area (Å²) in [7, 11) is 0. The predicted molar refractivity (Wildman–Crippen MR) is 112 cm³/mol. The zero-order chi connectivity index (χ0) is 21.5. The van der Waals surface area contributed by atoms with Crippen molar-refractivity contribution in [3.63, 3.8) is 0 Å². The van der Waals surface area contributed by atoms with Crippen LogP contribution in [-0.4, -0.2) is 37.2 Å². The van der Waals surface area contributed by atoms with Gasteiger partial charge < -0.3 is 20.5 Å². The highest BCUT2D eigenvalue weighted by molar-refractivity contribution is 5.83. The van der Waals surface area contributed by atoms with Gasteiger partial charge in [-0.2, -0.15) is 0 Å². The Morgan fingerprint density at radius 3 is 2.20 bits per heavy atom. The van der Waals surface area contributed by atoms with Crippen molar-refractivity contribution in [1.29, 1.82) is 0 Å². The summed E-state index contributed by atoms with van der Waals surface area (Å²) in [6, 6.07) is 14.9. The fourth-order valence-corrected chi connectivity index (χ4v) is 3.56. The first-order valence-corrected chi connectivity index (χ1v) is 9.68. The van der Waals surface area contributed by atoms with Crippen LogP contribution < -0.4 is 11.1 Å². The van der Waals surface area contributed by atoms with Gasteiger partial charge in [-0.3, -0.25) is 4.79 Å². The molecule has 1 aliphatic rings. The molecule has 2 aromatic rings. The minimum Gasteiger partial charge on any atom is -0.460 e. The minimum atomic E-state index is -1.03. The first-order chi connectivity index (χ1) is 14.5. The van der Waals surface area contributed by atoms with Crippen molar-refractivity contribution in [2.45, 2.75) is 24.8 Å². The van der Waals surface area contributed by atoms with E-state index in [9.17, 15) is 14.4 Å². The molecule has 0 spiro atoms. The molecule has 1 aliphatic carbocycles. The molecule has 30 heavy (non-hydrogen) atoms. The van der Waals surface area contributed by atoms with Gasteiger partial charge in [-0.25, -0.2) is 9.59 Å². The highest BCUT2D eigenvalue weighted by Gasteiger charge is 2.30. The smallest absolute Gasteiger partial charge is 0.407 e. The molecule has 156 valence electrons. The van der Waals surface area contributed by atoms with Crippen LogP contribution in [0.15, 0.2) is 61.2 Å². The van der Waals surface area contributed by atoms with E-state index in [1.807, 2.05) is 48.5 Å². The van der Waals surface area contributed by atoms with Gasteiger partial charge in [-0.05, 0) is 28.7 Å². The number of hydrogen-bond donors (Lipinski definition) is 2. The molecule has 3 rings (SSSR count). The third-order valence-corrected chi connectivity index (χ3v) is 4.94. The molecule has 1 atom stereocenters. The molecule has 2 aromatic carbocycles. The summed E-state index contributed by atoms with van der Waals surface area (Å²) >= 11 is 0. The first-order valence-electron chi connectivity index (χ1n) is 9.68. The van der Waals surface area contributed by atoms with E-state index in [0.717, 1.165) is 22.3 Å². The second-order valence-electron chi connectivity index (χ2n) is 6.95. The summed E-state index contributed by atoms with van der Waals surface area (Å²) in [6.07, 6.45) is 0.602. The lowest BCUT2D eigenvalue weighted by Gasteiger charge is -2.18. The van der Waals surface area contributed by atoms with Gasteiger partial charge in [0.05, 0.1) is 0 Å². The molecule has 0 unspecified atom stereocenters. The molecule has 7 nitrogen and oxygen atoms in total. The lowest BCUT2D eigenvalue weighted by molar-refractivity contribution is -0.145. The van der Waals surface area contributed by atoms with Crippen LogP contribution in [0, 0.1) is 0 Å². The van der Waals surface area contributed by atoms with Gasteiger partial charge in [0.2, 0.25) is 5.91 Å². The fraction of sp³-hybridized carbons (Fsp3) is 0.261. The predicted octanol–water partition coefficient (Wildman–Crippen LogP) is 2.89. The molecule has 0 saturated heterocycles. The van der Waals surface area contributed by atoms with Gasteiger partial charge in [0.1, 0.15) is 19.3 Å². The van der Waals surface area contributed by atoms with E-state index in [4.69, 9.17) is 15.2 Å². The SMILES string of the molecule is C=CCOC(=O)[C@H](CCC(N)=O)NC(=O)OCC1c2ccccc2-c2ccccc21. The van der Waals surface area contributed by atoms with Crippen LogP contribution in [0.2, 0.25) is 0 Å². The summed E-state index contributed by atoms with van der Waals surface area (Å²) in [6.45, 7) is 3.59. The van der Waals surface area contributed by atoms with Crippen molar-refractivity contribution < 1.29 is 23.9 Å². The number of esters is 1. The lowest BCUT2D eigenvalue weighted by atomic mass is 9.98. The molecule has 0 heterocycles. The fourth-order valence-electron chi connectivity index (χ4n) is 3.56. The maximum atomic E-state index is 12.4. The number of carbonyl (C=O) groups is 3. The second kappa shape index (κ2) is 9.73. The Morgan fingerprint density at radius 1 is 1.03 bits per heavy atom. The van der Waals surface area contributed by atoms with Gasteiger partial charge in [-0.15, -0.1) is 0 Å². The van der Waals surface area contributed by atoms with Crippen molar-refractivity contribution in [3.05, 3.63) is 72.3 Å². The topological polar surface area (TPSA) is 108 Å². The summed E-state index contributed by atoms with van der Waals surface area (Å²) in [5.74, 6) is -1.35. The second-order valence-corrected chi connectivity index (χ2v) is 6.95. The van der Waals surface area contributed by atoms with E-state index in [-0.39, 0.29) is 32.0 Å². The molecule has 2 amide bonds. The Bertz CT molecular complexity index is 911. The Kier molecular flexibility index (Phi) is 6.85. The van der Waals surface area contributed by atoms with Crippen LogP contribution in [0.25, 0.3) is 11.1 Å². The number of nitrogens with one attached hydrogen (secondary N) is 1. The Hall–Kier alpha value is -3.61. The number of rotatable bonds is 9. The van der Waals surface area contributed by atoms with Gasteiger partial charge in [0.25, 0.3) is 0 Å². The van der Waals surface area contributed by atoms with E-state index >= 15 is 0 Å². The number of amides is 2. The zero-order valence-electron chi connectivity index (χ0n) is 16.5. The number of ether oxygens (including phenoxy) is 2. The first kappa shape index (κ1) is 21.1. The lowest BCUT2D eigenvalue weighted by Crippen LogP contribution is -2.43. The molecule has 0 saturated carbocycles. The number of nitrogens with two attached hydrogens (primary N) is 1. The normalized spacial score (nSPS) is 12.9. The van der Waals surface area contributed by atoms with Gasteiger partial charge >= 0.3 is 12.1 Å². The van der Waals surface area contributed by atoms with Crippen molar-refractivity contribution in [3.8, 4) is 11.1 Å². The van der Waals surface area contributed by atoms with Crippen LogP contribution in [0.1, 0.15) is 29.9 Å². The quantitative estimate of drug-likeness (QED) is 0.490. The van der Waals surface area contributed by atoms with Gasteiger partial charge in [0.15, 0.2) is 0 Å². The van der Waals surface area contributed by atoms with Crippen LogP contribution in [0.4, 0.5) is 4.79 Å². The summed E-state index contributed by atoms with van der Waals surface area (Å²) in [5.41, 5.74) is 9.56. The summed E-state index contributed by atoms with van der Waals surface area (Å²) < 4.78 is 10.4. The van der Waals surface area contributed by atoms with Crippen LogP contribution in [0.3, 0.4) is 0 Å². The number of alkyl carbamates (subject to hydrolysis) is 1. The summed E-state index contributed by atoms with van der Waals surface area (Å²) in [5, 5.41) is 2.48. The molecular formula is C23H24N2O5. The molecule has 0 radical (unpaired) electrons. The molecule has 0 aromatic heterocycles. The molecule has 0 aliphatic heterocycles. The number of primary amides is 1. The van der Waals surface area contributed by atoms with Crippen molar-refractivity contribution in [1.82, 2.24) is 5.32 Å². The van der Waals surface area contributed by atoms with E-state index in [1.165, 1.54) is 6.08 Å². The maximum absolute atomic E-state index is 12.4. The highest BCUT2D eigenvalue weighted by atomic mass is 16.6. The average Bonchev–Trinajstić information content (AvgIpc) is 3.07. The molecule has 0 bridgehead atoms. The average molecular weight is 408 g/mol. The number of fused-ring (bicyclic) bond motifs is 3. The maximum Gasteiger partial charge on any atom is 0.407 e. The number of benzene rings is 2. The van der Waals surface area contributed by atoms with Crippen LogP contribution >= 0.6 is 0 Å². The van der Waals surface area contributed by atoms with E-state index in [1.54, 1.807) is 0 Å². The summed E-state index contributed by atoms with van der Waals surface area (Å²) in [4.78, 5) is 35.6. The van der Waals surface area contributed by atoms with E-state index in [2.05, 4.69) is 11.9 Å². The third kappa shape index (κ3) is 4.86. The van der Waals surface area contributed by atoms with Gasteiger partial charge in [-0.1, -0.05) is 61.2 Å². The largest absolute Gasteiger partial charge is 0.460 e. The molecule has 7 heteroatoms. The van der Waals surface area contributed by atoms with Crippen molar-refractivity contribution in [2.75, 3.05) is 13.2 Å². The Morgan fingerprint density at radius 2 is 1.63 bits per heavy atom. The molecule has 0 fully saturated rings. The van der Waals surface area contributed by atoms with Crippen molar-refractivity contribution in [2.24, 2.45) is 5.73 Å². The third-order valence-electron chi connectivity index (χ3n) is 4.94. The highest BCUT2D eigenvalue weighted by Crippen LogP contribution is 2.44. The Balaban J connectivity index is 1.66. The van der Waals surface area contributed by atoms with Gasteiger partial charge in [0, 0.05) is 12.3 Å². The number of carbonyl (C=O) groups excluding carboxylic acids is 3. The standard InChI is InChI=1S/C23H24N2O5/c1-2-13-29-22(27)20(11-12-21(24)26)25-23(28)30-14-19-17-9-5-3-7-15(17)16-8-4-6-10-18(16)19/h2-10,19-20H,1,11-14H2,(H2,24,26)(H,25,28)/t20-/m0/s1. The van der Waals surface area contributed by atoms with E-state index < -0.39 is 24.0 Å². The van der Waals surface area contributed by atoms with Crippen LogP contribution in [0.5, 0.6) is 0 Å². The van der Waals surface area contributed by atoms with Crippen molar-refractivity contribution >= 4 is 18.0 Å². The monoisotopic (exact) mass is 408 g/mol. The molecular weight excluding hydrogens is 384 g/mol. The Labute approximate surface area is 174 Å². The van der Waals surface area contributed by atoms with Crippen LogP contribution in [-0.2, 0) is 19.1 Å². The van der Waals surface area contributed by atoms with E-state index in [0.29, 0.717) is 0 Å².